The molecule has 0 spiro atoms. The van der Waals surface area contributed by atoms with Crippen LogP contribution in [-0.4, -0.2) is 28.9 Å². The average molecular weight is 347 g/mol. The van der Waals surface area contributed by atoms with Gasteiger partial charge in [-0.05, 0) is 40.0 Å². The number of carboxylic acid groups (broad SMARTS) is 1. The lowest BCUT2D eigenvalue weighted by molar-refractivity contribution is -0.150. The monoisotopic (exact) mass is 345 g/mol. The second-order valence-electron chi connectivity index (χ2n) is 4.61. The quantitative estimate of drug-likeness (QED) is 0.895. The lowest BCUT2D eigenvalue weighted by Gasteiger charge is -2.37. The Balaban J connectivity index is 2.43. The van der Waals surface area contributed by atoms with Gasteiger partial charge in [0.1, 0.15) is 0 Å². The lowest BCUT2D eigenvalue weighted by Crippen LogP contribution is -2.43. The average Bonchev–Trinajstić information content (AvgIpc) is 2.35. The summed E-state index contributed by atoms with van der Waals surface area (Å²) >= 11 is 9.26. The van der Waals surface area contributed by atoms with Gasteiger partial charge in [-0.2, -0.15) is 0 Å². The van der Waals surface area contributed by atoms with Crippen LogP contribution in [0.2, 0.25) is 5.02 Å². The molecule has 1 heterocycles. The molecule has 0 aromatic heterocycles. The summed E-state index contributed by atoms with van der Waals surface area (Å²) in [6.45, 7) is 0. The van der Waals surface area contributed by atoms with Gasteiger partial charge in [0.05, 0.1) is 17.0 Å². The second-order valence-corrected chi connectivity index (χ2v) is 5.87. The number of amides is 1. The summed E-state index contributed by atoms with van der Waals surface area (Å²) in [5.41, 5.74) is 0.777. The Morgan fingerprint density at radius 2 is 2.21 bits per heavy atom. The minimum absolute atomic E-state index is 0.0337. The normalized spacial score (nSPS) is 23.5. The van der Waals surface area contributed by atoms with Crippen molar-refractivity contribution in [1.82, 2.24) is 4.90 Å². The SMILES string of the molecule is CN1C(=O)CCC(C(=O)O)C1c1ccc(Cl)c(Br)c1. The molecule has 1 amide bonds. The lowest BCUT2D eigenvalue weighted by atomic mass is 9.85. The molecule has 19 heavy (non-hydrogen) atoms. The van der Waals surface area contributed by atoms with Crippen molar-refractivity contribution in [1.29, 1.82) is 0 Å². The third-order valence-electron chi connectivity index (χ3n) is 3.46. The maximum Gasteiger partial charge on any atom is 0.308 e. The first-order chi connectivity index (χ1) is 8.91. The predicted octanol–water partition coefficient (Wildman–Crippen LogP) is 3.10. The fourth-order valence-corrected chi connectivity index (χ4v) is 2.96. The van der Waals surface area contributed by atoms with Gasteiger partial charge in [-0.15, -0.1) is 0 Å². The summed E-state index contributed by atoms with van der Waals surface area (Å²) < 4.78 is 0.697. The molecule has 102 valence electrons. The number of carbonyl (C=O) groups excluding carboxylic acids is 1. The van der Waals surface area contributed by atoms with E-state index >= 15 is 0 Å². The number of likely N-dealkylation sites (tertiary alicyclic amines) is 1. The van der Waals surface area contributed by atoms with E-state index in [2.05, 4.69) is 15.9 Å². The number of hydrogen-bond acceptors (Lipinski definition) is 2. The molecular formula is C13H13BrClNO3. The first-order valence-electron chi connectivity index (χ1n) is 5.85. The molecule has 1 N–H and O–H groups in total. The van der Waals surface area contributed by atoms with E-state index in [1.165, 1.54) is 4.90 Å². The van der Waals surface area contributed by atoms with Crippen LogP contribution < -0.4 is 0 Å². The van der Waals surface area contributed by atoms with Crippen LogP contribution in [0.1, 0.15) is 24.4 Å². The molecule has 2 unspecified atom stereocenters. The van der Waals surface area contributed by atoms with Crippen molar-refractivity contribution in [2.75, 3.05) is 7.05 Å². The highest BCUT2D eigenvalue weighted by atomic mass is 79.9. The van der Waals surface area contributed by atoms with Gasteiger partial charge in [0, 0.05) is 17.9 Å². The van der Waals surface area contributed by atoms with Crippen LogP contribution in [0.25, 0.3) is 0 Å². The maximum atomic E-state index is 11.8. The third-order valence-corrected chi connectivity index (χ3v) is 4.68. The van der Waals surface area contributed by atoms with Crippen LogP contribution in [0, 0.1) is 5.92 Å². The van der Waals surface area contributed by atoms with Gasteiger partial charge in [0.15, 0.2) is 0 Å². The molecule has 6 heteroatoms. The van der Waals surface area contributed by atoms with E-state index in [1.807, 2.05) is 0 Å². The number of halogens is 2. The smallest absolute Gasteiger partial charge is 0.308 e. The molecule has 0 radical (unpaired) electrons. The van der Waals surface area contributed by atoms with Crippen molar-refractivity contribution in [3.63, 3.8) is 0 Å². The van der Waals surface area contributed by atoms with Gasteiger partial charge in [-0.3, -0.25) is 9.59 Å². The predicted molar refractivity (Wildman–Crippen MR) is 75.0 cm³/mol. The van der Waals surface area contributed by atoms with E-state index in [9.17, 15) is 14.7 Å². The largest absolute Gasteiger partial charge is 0.481 e. The molecule has 2 atom stereocenters. The Morgan fingerprint density at radius 3 is 2.79 bits per heavy atom. The van der Waals surface area contributed by atoms with Gasteiger partial charge in [0.25, 0.3) is 0 Å². The number of rotatable bonds is 2. The van der Waals surface area contributed by atoms with Crippen LogP contribution in [0.15, 0.2) is 22.7 Å². The molecule has 2 rings (SSSR count). The molecule has 1 saturated heterocycles. The fraction of sp³-hybridized carbons (Fsp3) is 0.385. The number of piperidine rings is 1. The summed E-state index contributed by atoms with van der Waals surface area (Å²) in [7, 11) is 1.64. The van der Waals surface area contributed by atoms with Crippen molar-refractivity contribution in [3.05, 3.63) is 33.3 Å². The molecular weight excluding hydrogens is 334 g/mol. The van der Waals surface area contributed by atoms with E-state index in [-0.39, 0.29) is 12.3 Å². The van der Waals surface area contributed by atoms with Crippen molar-refractivity contribution in [2.45, 2.75) is 18.9 Å². The van der Waals surface area contributed by atoms with E-state index in [0.717, 1.165) is 5.56 Å². The Hall–Kier alpha value is -1.07. The topological polar surface area (TPSA) is 57.6 Å². The number of benzene rings is 1. The van der Waals surface area contributed by atoms with E-state index in [4.69, 9.17) is 11.6 Å². The van der Waals surface area contributed by atoms with Crippen molar-refractivity contribution in [3.8, 4) is 0 Å². The molecule has 0 aliphatic carbocycles. The number of carbonyl (C=O) groups is 2. The summed E-state index contributed by atoms with van der Waals surface area (Å²) in [5, 5.41) is 9.88. The number of aliphatic carboxylic acids is 1. The molecule has 1 aliphatic heterocycles. The molecule has 4 nitrogen and oxygen atoms in total. The Labute approximate surface area is 124 Å². The van der Waals surface area contributed by atoms with Crippen LogP contribution in [0.4, 0.5) is 0 Å². The highest BCUT2D eigenvalue weighted by Gasteiger charge is 2.38. The van der Waals surface area contributed by atoms with Crippen LogP contribution >= 0.6 is 27.5 Å². The van der Waals surface area contributed by atoms with Crippen molar-refractivity contribution in [2.24, 2.45) is 5.92 Å². The van der Waals surface area contributed by atoms with E-state index in [1.54, 1.807) is 25.2 Å². The van der Waals surface area contributed by atoms with E-state index < -0.39 is 17.9 Å². The summed E-state index contributed by atoms with van der Waals surface area (Å²) in [6.07, 6.45) is 0.641. The zero-order valence-corrected chi connectivity index (χ0v) is 12.6. The molecule has 1 fully saturated rings. The first kappa shape index (κ1) is 14.3. The highest BCUT2D eigenvalue weighted by molar-refractivity contribution is 9.10. The second kappa shape index (κ2) is 5.51. The van der Waals surface area contributed by atoms with E-state index in [0.29, 0.717) is 15.9 Å². The molecule has 1 aromatic carbocycles. The minimum atomic E-state index is -0.879. The zero-order chi connectivity index (χ0) is 14.2. The standard InChI is InChI=1S/C13H13BrClNO3/c1-16-11(17)5-3-8(13(18)19)12(16)7-2-4-10(15)9(14)6-7/h2,4,6,8,12H,3,5H2,1H3,(H,18,19). The molecule has 0 bridgehead atoms. The summed E-state index contributed by atoms with van der Waals surface area (Å²) in [5.74, 6) is -1.50. The highest BCUT2D eigenvalue weighted by Crippen LogP contribution is 2.37. The fourth-order valence-electron chi connectivity index (χ4n) is 2.45. The van der Waals surface area contributed by atoms with Gasteiger partial charge in [0.2, 0.25) is 5.91 Å². The third kappa shape index (κ3) is 2.77. The van der Waals surface area contributed by atoms with Gasteiger partial charge in [-0.25, -0.2) is 0 Å². The Kier molecular flexibility index (Phi) is 4.16. The van der Waals surface area contributed by atoms with Crippen LogP contribution in [0.3, 0.4) is 0 Å². The Morgan fingerprint density at radius 1 is 1.53 bits per heavy atom. The number of hydrogen-bond donors (Lipinski definition) is 1. The van der Waals surface area contributed by atoms with Gasteiger partial charge >= 0.3 is 5.97 Å². The van der Waals surface area contributed by atoms with Gasteiger partial charge in [-0.1, -0.05) is 17.7 Å². The Bertz CT molecular complexity index is 535. The van der Waals surface area contributed by atoms with Crippen molar-refractivity contribution >= 4 is 39.4 Å². The van der Waals surface area contributed by atoms with Crippen LogP contribution in [0.5, 0.6) is 0 Å². The van der Waals surface area contributed by atoms with Gasteiger partial charge < -0.3 is 10.0 Å². The summed E-state index contributed by atoms with van der Waals surface area (Å²) in [6, 6.07) is 4.79. The number of carboxylic acids is 1. The minimum Gasteiger partial charge on any atom is -0.481 e. The maximum absolute atomic E-state index is 11.8. The van der Waals surface area contributed by atoms with Crippen LogP contribution in [-0.2, 0) is 9.59 Å². The zero-order valence-electron chi connectivity index (χ0n) is 10.3. The molecule has 1 aromatic rings. The van der Waals surface area contributed by atoms with Crippen molar-refractivity contribution < 1.29 is 14.7 Å². The summed E-state index contributed by atoms with van der Waals surface area (Å²) in [4.78, 5) is 24.7. The number of nitrogens with zero attached hydrogens (tertiary/aromatic N) is 1. The molecule has 0 saturated carbocycles. The first-order valence-corrected chi connectivity index (χ1v) is 7.02. The molecule has 1 aliphatic rings.